The summed E-state index contributed by atoms with van der Waals surface area (Å²) in [5, 5.41) is 0. The SMILES string of the molecule is CC1CN(C(=O)CCCc2ccccc2)CCN1c1cccc(F)n1. The first-order valence-corrected chi connectivity index (χ1v) is 8.84. The van der Waals surface area contributed by atoms with Crippen LogP contribution in [0.15, 0.2) is 48.5 Å². The van der Waals surface area contributed by atoms with Gasteiger partial charge in [0.2, 0.25) is 11.9 Å². The molecule has 0 N–H and O–H groups in total. The van der Waals surface area contributed by atoms with E-state index in [0.717, 1.165) is 12.8 Å². The quantitative estimate of drug-likeness (QED) is 0.783. The van der Waals surface area contributed by atoms with Crippen molar-refractivity contribution in [2.75, 3.05) is 24.5 Å². The molecule has 1 aromatic carbocycles. The summed E-state index contributed by atoms with van der Waals surface area (Å²) < 4.78 is 13.3. The Balaban J connectivity index is 1.49. The van der Waals surface area contributed by atoms with E-state index in [0.29, 0.717) is 31.9 Å². The lowest BCUT2D eigenvalue weighted by molar-refractivity contribution is -0.132. The van der Waals surface area contributed by atoms with Gasteiger partial charge in [-0.1, -0.05) is 36.4 Å². The first-order chi connectivity index (χ1) is 12.1. The van der Waals surface area contributed by atoms with Gasteiger partial charge in [0.25, 0.3) is 0 Å². The molecule has 0 spiro atoms. The van der Waals surface area contributed by atoms with E-state index in [1.54, 1.807) is 6.07 Å². The van der Waals surface area contributed by atoms with Gasteiger partial charge in [-0.05, 0) is 37.5 Å². The third-order valence-electron chi connectivity index (χ3n) is 4.67. The van der Waals surface area contributed by atoms with E-state index >= 15 is 0 Å². The van der Waals surface area contributed by atoms with E-state index in [4.69, 9.17) is 0 Å². The summed E-state index contributed by atoms with van der Waals surface area (Å²) in [5.74, 6) is 0.377. The fourth-order valence-electron chi connectivity index (χ4n) is 3.33. The molecule has 1 aliphatic rings. The standard InChI is InChI=1S/C20H24FN3O/c1-16-15-23(13-14-24(16)19-11-6-10-18(21)22-19)20(25)12-5-9-17-7-3-2-4-8-17/h2-4,6-8,10-11,16H,5,9,12-15H2,1H3. The number of hydrogen-bond donors (Lipinski definition) is 0. The molecule has 1 amide bonds. The van der Waals surface area contributed by atoms with Gasteiger partial charge >= 0.3 is 0 Å². The maximum Gasteiger partial charge on any atom is 0.222 e. The summed E-state index contributed by atoms with van der Waals surface area (Å²) in [6.07, 6.45) is 2.36. The van der Waals surface area contributed by atoms with Crippen molar-refractivity contribution in [3.8, 4) is 0 Å². The van der Waals surface area contributed by atoms with Gasteiger partial charge in [0.1, 0.15) is 5.82 Å². The minimum absolute atomic E-state index is 0.126. The minimum atomic E-state index is -0.468. The van der Waals surface area contributed by atoms with Gasteiger partial charge < -0.3 is 9.80 Å². The molecule has 2 aromatic rings. The van der Waals surface area contributed by atoms with Crippen LogP contribution in [0.4, 0.5) is 10.2 Å². The normalized spacial score (nSPS) is 17.6. The lowest BCUT2D eigenvalue weighted by Crippen LogP contribution is -2.54. The molecule has 1 atom stereocenters. The van der Waals surface area contributed by atoms with E-state index in [1.807, 2.05) is 29.2 Å². The number of carbonyl (C=O) groups excluding carboxylic acids is 1. The number of piperazine rings is 1. The van der Waals surface area contributed by atoms with Crippen molar-refractivity contribution >= 4 is 11.7 Å². The van der Waals surface area contributed by atoms with Gasteiger partial charge in [-0.15, -0.1) is 0 Å². The molecule has 1 aliphatic heterocycles. The molecule has 5 heteroatoms. The molecule has 1 fully saturated rings. The fourth-order valence-corrected chi connectivity index (χ4v) is 3.33. The molecule has 0 aliphatic carbocycles. The number of carbonyl (C=O) groups is 1. The predicted molar refractivity (Wildman–Crippen MR) is 97.0 cm³/mol. The highest BCUT2D eigenvalue weighted by molar-refractivity contribution is 5.76. The number of nitrogens with zero attached hydrogens (tertiary/aromatic N) is 3. The molecule has 0 bridgehead atoms. The average Bonchev–Trinajstić information content (AvgIpc) is 2.62. The first kappa shape index (κ1) is 17.4. The molecule has 4 nitrogen and oxygen atoms in total. The molecule has 1 saturated heterocycles. The average molecular weight is 341 g/mol. The molecule has 2 heterocycles. The number of pyridine rings is 1. The van der Waals surface area contributed by atoms with E-state index < -0.39 is 5.95 Å². The molecular weight excluding hydrogens is 317 g/mol. The zero-order valence-electron chi connectivity index (χ0n) is 14.6. The molecule has 0 saturated carbocycles. The minimum Gasteiger partial charge on any atom is -0.350 e. The van der Waals surface area contributed by atoms with Gasteiger partial charge in [-0.3, -0.25) is 4.79 Å². The van der Waals surface area contributed by atoms with Crippen molar-refractivity contribution in [2.45, 2.75) is 32.2 Å². The summed E-state index contributed by atoms with van der Waals surface area (Å²) in [6, 6.07) is 15.2. The van der Waals surface area contributed by atoms with Crippen LogP contribution in [0.2, 0.25) is 0 Å². The van der Waals surface area contributed by atoms with Crippen LogP contribution in [0.25, 0.3) is 0 Å². The van der Waals surface area contributed by atoms with Crippen LogP contribution in [0.3, 0.4) is 0 Å². The monoisotopic (exact) mass is 341 g/mol. The smallest absolute Gasteiger partial charge is 0.222 e. The largest absolute Gasteiger partial charge is 0.350 e. The van der Waals surface area contributed by atoms with Crippen LogP contribution in [-0.2, 0) is 11.2 Å². The third kappa shape index (κ3) is 4.56. The summed E-state index contributed by atoms with van der Waals surface area (Å²) in [6.45, 7) is 4.05. The number of aryl methyl sites for hydroxylation is 1. The number of rotatable bonds is 5. The van der Waals surface area contributed by atoms with Crippen LogP contribution in [0, 0.1) is 5.95 Å². The summed E-state index contributed by atoms with van der Waals surface area (Å²) in [7, 11) is 0. The van der Waals surface area contributed by atoms with Gasteiger partial charge in [-0.2, -0.15) is 4.39 Å². The van der Waals surface area contributed by atoms with Crippen LogP contribution in [-0.4, -0.2) is 41.5 Å². The van der Waals surface area contributed by atoms with Crippen LogP contribution >= 0.6 is 0 Å². The van der Waals surface area contributed by atoms with Crippen molar-refractivity contribution < 1.29 is 9.18 Å². The Kier molecular flexibility index (Phi) is 5.64. The molecule has 25 heavy (non-hydrogen) atoms. The zero-order valence-corrected chi connectivity index (χ0v) is 14.6. The Hall–Kier alpha value is -2.43. The number of aromatic nitrogens is 1. The number of amides is 1. The summed E-state index contributed by atoms with van der Waals surface area (Å²) in [5.41, 5.74) is 1.27. The van der Waals surface area contributed by atoms with E-state index in [-0.39, 0.29) is 11.9 Å². The van der Waals surface area contributed by atoms with Crippen molar-refractivity contribution in [3.63, 3.8) is 0 Å². The maximum atomic E-state index is 13.3. The number of halogens is 1. The van der Waals surface area contributed by atoms with E-state index in [9.17, 15) is 9.18 Å². The highest BCUT2D eigenvalue weighted by Gasteiger charge is 2.27. The highest BCUT2D eigenvalue weighted by Crippen LogP contribution is 2.19. The van der Waals surface area contributed by atoms with Crippen molar-refractivity contribution in [3.05, 3.63) is 60.0 Å². The number of anilines is 1. The second kappa shape index (κ2) is 8.10. The van der Waals surface area contributed by atoms with Crippen LogP contribution in [0.1, 0.15) is 25.3 Å². The first-order valence-electron chi connectivity index (χ1n) is 8.84. The molecule has 1 unspecified atom stereocenters. The van der Waals surface area contributed by atoms with E-state index in [2.05, 4.69) is 28.9 Å². The molecular formula is C20H24FN3O. The van der Waals surface area contributed by atoms with Crippen LogP contribution < -0.4 is 4.90 Å². The Morgan fingerprint density at radius 3 is 2.68 bits per heavy atom. The zero-order chi connectivity index (χ0) is 17.6. The highest BCUT2D eigenvalue weighted by atomic mass is 19.1. The van der Waals surface area contributed by atoms with Gasteiger partial charge in [0.05, 0.1) is 0 Å². The van der Waals surface area contributed by atoms with Crippen LogP contribution in [0.5, 0.6) is 0 Å². The summed E-state index contributed by atoms with van der Waals surface area (Å²) >= 11 is 0. The number of hydrogen-bond acceptors (Lipinski definition) is 3. The molecule has 1 aromatic heterocycles. The molecule has 3 rings (SSSR count). The van der Waals surface area contributed by atoms with Gasteiger partial charge in [0.15, 0.2) is 0 Å². The summed E-state index contributed by atoms with van der Waals surface area (Å²) in [4.78, 5) is 20.4. The number of benzene rings is 1. The van der Waals surface area contributed by atoms with Crippen molar-refractivity contribution in [1.82, 2.24) is 9.88 Å². The van der Waals surface area contributed by atoms with E-state index in [1.165, 1.54) is 11.6 Å². The van der Waals surface area contributed by atoms with Gasteiger partial charge in [0, 0.05) is 32.1 Å². The second-order valence-corrected chi connectivity index (χ2v) is 6.54. The second-order valence-electron chi connectivity index (χ2n) is 6.54. The van der Waals surface area contributed by atoms with Crippen molar-refractivity contribution in [2.24, 2.45) is 0 Å². The maximum absolute atomic E-state index is 13.3. The Morgan fingerprint density at radius 2 is 1.96 bits per heavy atom. The molecule has 132 valence electrons. The topological polar surface area (TPSA) is 36.4 Å². The fraction of sp³-hybridized carbons (Fsp3) is 0.400. The molecule has 0 radical (unpaired) electrons. The lowest BCUT2D eigenvalue weighted by atomic mass is 10.1. The predicted octanol–water partition coefficient (Wildman–Crippen LogP) is 3.28. The van der Waals surface area contributed by atoms with Crippen molar-refractivity contribution in [1.29, 1.82) is 0 Å². The third-order valence-corrected chi connectivity index (χ3v) is 4.67. The lowest BCUT2D eigenvalue weighted by Gasteiger charge is -2.40. The van der Waals surface area contributed by atoms with Gasteiger partial charge in [-0.25, -0.2) is 4.98 Å². The Bertz CT molecular complexity index is 707. The Labute approximate surface area is 148 Å². The Morgan fingerprint density at radius 1 is 1.16 bits per heavy atom.